The van der Waals surface area contributed by atoms with E-state index in [1.54, 1.807) is 23.9 Å². The SMILES string of the molecule is Cc1nc2nonc2c(N)c1Cn1ccc(C(=O)N2CCC(F)(F)CC2)n1. The van der Waals surface area contributed by atoms with Crippen LogP contribution in [0.4, 0.5) is 14.5 Å². The number of fused-ring (bicyclic) bond motifs is 1. The second-order valence-electron chi connectivity index (χ2n) is 6.57. The number of halogens is 2. The number of pyridine rings is 1. The Hall–Kier alpha value is -3.11. The number of aromatic nitrogens is 5. The van der Waals surface area contributed by atoms with Crippen molar-refractivity contribution in [2.75, 3.05) is 18.8 Å². The molecule has 0 spiro atoms. The van der Waals surface area contributed by atoms with Crippen molar-refractivity contribution in [2.45, 2.75) is 32.2 Å². The van der Waals surface area contributed by atoms with Gasteiger partial charge in [0.2, 0.25) is 5.65 Å². The van der Waals surface area contributed by atoms with Gasteiger partial charge in [-0.3, -0.25) is 9.48 Å². The quantitative estimate of drug-likeness (QED) is 0.737. The number of likely N-dealkylation sites (tertiary alicyclic amines) is 1. The largest absolute Gasteiger partial charge is 0.396 e. The zero-order chi connectivity index (χ0) is 19.2. The van der Waals surface area contributed by atoms with Crippen LogP contribution in [0.15, 0.2) is 16.9 Å². The fraction of sp³-hybridized carbons (Fsp3) is 0.438. The minimum atomic E-state index is -2.70. The van der Waals surface area contributed by atoms with E-state index < -0.39 is 5.92 Å². The average Bonchev–Trinajstić information content (AvgIpc) is 3.27. The number of amides is 1. The lowest BCUT2D eigenvalue weighted by molar-refractivity contribution is -0.0495. The number of piperidine rings is 1. The second kappa shape index (κ2) is 6.25. The van der Waals surface area contributed by atoms with Crippen molar-refractivity contribution < 1.29 is 18.2 Å². The lowest BCUT2D eigenvalue weighted by Crippen LogP contribution is -2.42. The standard InChI is InChI=1S/C16H17F2N7O2/c1-9-10(12(19)13-14(20-9)23-27-22-13)8-25-5-2-11(21-25)15(26)24-6-3-16(17,18)4-7-24/h2,5H,3-4,6-8,19H2,1H3. The number of hydrogen-bond acceptors (Lipinski definition) is 7. The molecule has 0 bridgehead atoms. The van der Waals surface area contributed by atoms with Crippen LogP contribution in [0.2, 0.25) is 0 Å². The van der Waals surface area contributed by atoms with Crippen molar-refractivity contribution in [3.05, 3.63) is 29.2 Å². The van der Waals surface area contributed by atoms with Crippen LogP contribution in [-0.4, -0.2) is 54.9 Å². The fourth-order valence-corrected chi connectivity index (χ4v) is 3.12. The van der Waals surface area contributed by atoms with E-state index >= 15 is 0 Å². The minimum absolute atomic E-state index is 0.0183. The molecule has 3 aromatic rings. The first-order chi connectivity index (χ1) is 12.8. The zero-order valence-corrected chi connectivity index (χ0v) is 14.5. The molecular formula is C16H17F2N7O2. The molecule has 142 valence electrons. The van der Waals surface area contributed by atoms with Gasteiger partial charge in [0.1, 0.15) is 5.69 Å². The average molecular weight is 377 g/mol. The molecule has 27 heavy (non-hydrogen) atoms. The first-order valence-electron chi connectivity index (χ1n) is 8.42. The first-order valence-corrected chi connectivity index (χ1v) is 8.42. The Kier molecular flexibility index (Phi) is 4.01. The van der Waals surface area contributed by atoms with E-state index in [1.165, 1.54) is 4.90 Å². The fourth-order valence-electron chi connectivity index (χ4n) is 3.12. The van der Waals surface area contributed by atoms with Crippen molar-refractivity contribution >= 4 is 22.8 Å². The van der Waals surface area contributed by atoms with Crippen LogP contribution in [0.5, 0.6) is 0 Å². The number of carbonyl (C=O) groups excluding carboxylic acids is 1. The maximum atomic E-state index is 13.3. The van der Waals surface area contributed by atoms with Crippen LogP contribution in [0, 0.1) is 6.92 Å². The number of nitrogens with zero attached hydrogens (tertiary/aromatic N) is 6. The molecule has 0 aliphatic carbocycles. The number of rotatable bonds is 3. The molecular weight excluding hydrogens is 360 g/mol. The van der Waals surface area contributed by atoms with Crippen LogP contribution < -0.4 is 5.73 Å². The van der Waals surface area contributed by atoms with Crippen LogP contribution in [0.3, 0.4) is 0 Å². The van der Waals surface area contributed by atoms with Gasteiger partial charge in [-0.1, -0.05) is 0 Å². The van der Waals surface area contributed by atoms with Gasteiger partial charge in [0.05, 0.1) is 12.2 Å². The van der Waals surface area contributed by atoms with Gasteiger partial charge in [-0.2, -0.15) is 5.10 Å². The van der Waals surface area contributed by atoms with E-state index in [2.05, 4.69) is 25.0 Å². The molecule has 1 aliphatic heterocycles. The van der Waals surface area contributed by atoms with Crippen LogP contribution >= 0.6 is 0 Å². The van der Waals surface area contributed by atoms with Crippen LogP contribution in [0.25, 0.3) is 11.2 Å². The maximum absolute atomic E-state index is 13.3. The van der Waals surface area contributed by atoms with Crippen molar-refractivity contribution in [1.82, 2.24) is 30.0 Å². The molecule has 1 fully saturated rings. The molecule has 0 saturated carbocycles. The summed E-state index contributed by atoms with van der Waals surface area (Å²) in [5, 5.41) is 11.7. The van der Waals surface area contributed by atoms with Crippen molar-refractivity contribution in [2.24, 2.45) is 0 Å². The van der Waals surface area contributed by atoms with E-state index in [9.17, 15) is 13.6 Å². The Labute approximate surface area is 152 Å². The summed E-state index contributed by atoms with van der Waals surface area (Å²) in [6, 6.07) is 1.56. The smallest absolute Gasteiger partial charge is 0.274 e. The molecule has 0 atom stereocenters. The monoisotopic (exact) mass is 377 g/mol. The van der Waals surface area contributed by atoms with E-state index in [0.717, 1.165) is 0 Å². The van der Waals surface area contributed by atoms with Gasteiger partial charge < -0.3 is 10.6 Å². The molecule has 0 unspecified atom stereocenters. The Morgan fingerprint density at radius 1 is 1.33 bits per heavy atom. The lowest BCUT2D eigenvalue weighted by Gasteiger charge is -2.31. The second-order valence-corrected chi connectivity index (χ2v) is 6.57. The number of alkyl halides is 2. The van der Waals surface area contributed by atoms with E-state index in [0.29, 0.717) is 28.1 Å². The Balaban J connectivity index is 1.53. The Bertz CT molecular complexity index is 1000. The summed E-state index contributed by atoms with van der Waals surface area (Å²) in [6.07, 6.45) is 0.981. The summed E-state index contributed by atoms with van der Waals surface area (Å²) in [6.45, 7) is 2.09. The molecule has 9 nitrogen and oxygen atoms in total. The molecule has 1 amide bonds. The summed E-state index contributed by atoms with van der Waals surface area (Å²) in [5.74, 6) is -3.06. The van der Waals surface area contributed by atoms with Crippen LogP contribution in [0.1, 0.15) is 34.6 Å². The third-order valence-electron chi connectivity index (χ3n) is 4.72. The molecule has 11 heteroatoms. The highest BCUT2D eigenvalue weighted by atomic mass is 19.3. The molecule has 0 aromatic carbocycles. The van der Waals surface area contributed by atoms with Gasteiger partial charge in [0, 0.05) is 43.4 Å². The number of nitrogen functional groups attached to an aromatic ring is 1. The summed E-state index contributed by atoms with van der Waals surface area (Å²) in [5.41, 5.74) is 8.76. The third-order valence-corrected chi connectivity index (χ3v) is 4.72. The summed E-state index contributed by atoms with van der Waals surface area (Å²) in [4.78, 5) is 18.2. The third kappa shape index (κ3) is 3.20. The summed E-state index contributed by atoms with van der Waals surface area (Å²) >= 11 is 0. The van der Waals surface area contributed by atoms with E-state index in [-0.39, 0.29) is 44.1 Å². The lowest BCUT2D eigenvalue weighted by atomic mass is 10.1. The van der Waals surface area contributed by atoms with Crippen molar-refractivity contribution in [3.8, 4) is 0 Å². The summed E-state index contributed by atoms with van der Waals surface area (Å²) < 4.78 is 32.7. The van der Waals surface area contributed by atoms with Crippen LogP contribution in [-0.2, 0) is 6.54 Å². The molecule has 3 aromatic heterocycles. The number of anilines is 1. The Morgan fingerprint density at radius 2 is 2.07 bits per heavy atom. The molecule has 2 N–H and O–H groups in total. The molecule has 0 radical (unpaired) electrons. The highest BCUT2D eigenvalue weighted by Crippen LogP contribution is 2.28. The highest BCUT2D eigenvalue weighted by molar-refractivity contribution is 5.92. The van der Waals surface area contributed by atoms with E-state index in [4.69, 9.17) is 5.73 Å². The predicted molar refractivity (Wildman–Crippen MR) is 90.2 cm³/mol. The number of nitrogens with two attached hydrogens (primary N) is 1. The molecule has 1 saturated heterocycles. The van der Waals surface area contributed by atoms with Gasteiger partial charge in [-0.05, 0) is 23.3 Å². The molecule has 4 rings (SSSR count). The normalized spacial score (nSPS) is 16.8. The van der Waals surface area contributed by atoms with E-state index in [1.807, 2.05) is 0 Å². The first kappa shape index (κ1) is 17.3. The predicted octanol–water partition coefficient (Wildman–Crippen LogP) is 1.62. The zero-order valence-electron chi connectivity index (χ0n) is 14.5. The topological polar surface area (TPSA) is 116 Å². The minimum Gasteiger partial charge on any atom is -0.396 e. The summed E-state index contributed by atoms with van der Waals surface area (Å²) in [7, 11) is 0. The number of aryl methyl sites for hydroxylation is 1. The van der Waals surface area contributed by atoms with Gasteiger partial charge in [-0.15, -0.1) is 0 Å². The number of hydrogen-bond donors (Lipinski definition) is 1. The van der Waals surface area contributed by atoms with Gasteiger partial charge in [0.25, 0.3) is 11.8 Å². The van der Waals surface area contributed by atoms with Gasteiger partial charge in [-0.25, -0.2) is 18.4 Å². The Morgan fingerprint density at radius 3 is 2.81 bits per heavy atom. The van der Waals surface area contributed by atoms with Gasteiger partial charge in [0.15, 0.2) is 5.52 Å². The highest BCUT2D eigenvalue weighted by Gasteiger charge is 2.36. The molecule has 1 aliphatic rings. The molecule has 4 heterocycles. The van der Waals surface area contributed by atoms with Crippen molar-refractivity contribution in [1.29, 1.82) is 0 Å². The van der Waals surface area contributed by atoms with Gasteiger partial charge >= 0.3 is 0 Å². The number of carbonyl (C=O) groups is 1. The van der Waals surface area contributed by atoms with Crippen molar-refractivity contribution in [3.63, 3.8) is 0 Å². The maximum Gasteiger partial charge on any atom is 0.274 e.